The highest BCUT2D eigenvalue weighted by atomic mass is 79.9. The minimum absolute atomic E-state index is 0.0613. The van der Waals surface area contributed by atoms with Gasteiger partial charge in [-0.2, -0.15) is 0 Å². The minimum Gasteiger partial charge on any atom is -0.497 e. The standard InChI is InChI=1S/C51H48BrN3O6Si/c1-31-48(62(3,4)40-22-20-39(60-2)21-23-40)45(27-46(57)53-29-35-10-6-5-9-34(35)25-38(53)30-56)61-51(31)42-26-36(52)17-24-43(42)54(50(51)59)28-32-15-18-37(19-16-32)55-44-14-8-12-33-11-7-13-41(47(33)44)49(55)58/h5-24,26,31,38,45,48,56H,25,27-30H2,1-4H3/t31-,38+,45+,48-,51+/m1/s1. The molecule has 4 aliphatic heterocycles. The topological polar surface area (TPSA) is 99.6 Å². The predicted octanol–water partition coefficient (Wildman–Crippen LogP) is 9.00. The van der Waals surface area contributed by atoms with Crippen LogP contribution in [0.15, 0.2) is 132 Å². The Bertz CT molecular complexity index is 2770. The summed E-state index contributed by atoms with van der Waals surface area (Å²) < 4.78 is 13.7. The maximum absolute atomic E-state index is 15.5. The van der Waals surface area contributed by atoms with E-state index in [4.69, 9.17) is 9.47 Å². The summed E-state index contributed by atoms with van der Waals surface area (Å²) in [5.74, 6) is 0.150. The van der Waals surface area contributed by atoms with Crippen LogP contribution in [0.1, 0.15) is 46.0 Å². The van der Waals surface area contributed by atoms with Gasteiger partial charge in [-0.3, -0.25) is 19.3 Å². The Hall–Kier alpha value is -5.59. The van der Waals surface area contributed by atoms with E-state index < -0.39 is 19.8 Å². The van der Waals surface area contributed by atoms with Crippen molar-refractivity contribution in [2.45, 2.75) is 69.2 Å². The molecule has 10 rings (SSSR count). The van der Waals surface area contributed by atoms with E-state index in [1.165, 1.54) is 5.19 Å². The van der Waals surface area contributed by atoms with Gasteiger partial charge < -0.3 is 24.4 Å². The molecule has 9 nitrogen and oxygen atoms in total. The van der Waals surface area contributed by atoms with E-state index in [1.807, 2.05) is 119 Å². The van der Waals surface area contributed by atoms with Crippen LogP contribution in [-0.4, -0.2) is 61.7 Å². The molecule has 1 spiro atoms. The summed E-state index contributed by atoms with van der Waals surface area (Å²) in [4.78, 5) is 49.3. The van der Waals surface area contributed by atoms with Crippen molar-refractivity contribution in [2.75, 3.05) is 23.5 Å². The van der Waals surface area contributed by atoms with Crippen molar-refractivity contribution in [3.05, 3.63) is 160 Å². The van der Waals surface area contributed by atoms with Crippen LogP contribution in [-0.2, 0) is 39.4 Å². The highest BCUT2D eigenvalue weighted by molar-refractivity contribution is 9.10. The number of halogens is 1. The molecule has 0 bridgehead atoms. The molecule has 0 radical (unpaired) electrons. The number of methoxy groups -OCH3 is 1. The van der Waals surface area contributed by atoms with Gasteiger partial charge in [-0.1, -0.05) is 114 Å². The molecule has 11 heteroatoms. The number of hydrogen-bond donors (Lipinski definition) is 1. The van der Waals surface area contributed by atoms with Crippen molar-refractivity contribution >= 4 is 74.7 Å². The van der Waals surface area contributed by atoms with Crippen LogP contribution in [0.25, 0.3) is 10.8 Å². The Kier molecular flexibility index (Phi) is 10.0. The molecule has 6 aromatic rings. The number of nitrogens with zero attached hydrogens (tertiary/aromatic N) is 3. The summed E-state index contributed by atoms with van der Waals surface area (Å²) in [5.41, 5.74) is 5.48. The first-order valence-corrected chi connectivity index (χ1v) is 25.2. The first-order chi connectivity index (χ1) is 29.9. The number of amides is 3. The van der Waals surface area contributed by atoms with Crippen molar-refractivity contribution in [3.63, 3.8) is 0 Å². The van der Waals surface area contributed by atoms with Crippen LogP contribution in [0.4, 0.5) is 17.1 Å². The van der Waals surface area contributed by atoms with Gasteiger partial charge >= 0.3 is 0 Å². The Balaban J connectivity index is 0.997. The van der Waals surface area contributed by atoms with Gasteiger partial charge in [0, 0.05) is 33.6 Å². The fraction of sp³-hybridized carbons (Fsp3) is 0.275. The van der Waals surface area contributed by atoms with Gasteiger partial charge in [0.2, 0.25) is 5.91 Å². The van der Waals surface area contributed by atoms with Crippen LogP contribution in [0.2, 0.25) is 18.6 Å². The number of carbonyl (C=O) groups is 3. The zero-order valence-electron chi connectivity index (χ0n) is 35.2. The van der Waals surface area contributed by atoms with E-state index in [0.29, 0.717) is 18.5 Å². The number of ether oxygens (including phenoxy) is 2. The lowest BCUT2D eigenvalue weighted by Gasteiger charge is -2.39. The second-order valence-electron chi connectivity index (χ2n) is 17.7. The number of rotatable bonds is 9. The third kappa shape index (κ3) is 6.26. The van der Waals surface area contributed by atoms with Crippen molar-refractivity contribution in [1.82, 2.24) is 4.90 Å². The molecule has 6 aromatic carbocycles. The molecule has 0 unspecified atom stereocenters. The second-order valence-corrected chi connectivity index (χ2v) is 23.3. The van der Waals surface area contributed by atoms with E-state index in [1.54, 1.807) is 12.0 Å². The second kappa shape index (κ2) is 15.3. The maximum Gasteiger partial charge on any atom is 0.264 e. The lowest BCUT2D eigenvalue weighted by molar-refractivity contribution is -0.151. The molecule has 5 atom stereocenters. The number of carbonyl (C=O) groups excluding carboxylic acids is 3. The van der Waals surface area contributed by atoms with Gasteiger partial charge in [0.05, 0.1) is 63.8 Å². The third-order valence-corrected chi connectivity index (χ3v) is 19.0. The summed E-state index contributed by atoms with van der Waals surface area (Å²) in [6, 6.07) is 41.6. The number of aliphatic hydroxyl groups excluding tert-OH is 1. The van der Waals surface area contributed by atoms with Gasteiger partial charge in [0.25, 0.3) is 11.8 Å². The molecule has 0 saturated carbocycles. The van der Waals surface area contributed by atoms with E-state index in [9.17, 15) is 14.7 Å². The smallest absolute Gasteiger partial charge is 0.264 e. The average molecular weight is 907 g/mol. The summed E-state index contributed by atoms with van der Waals surface area (Å²) in [5, 5.41) is 13.7. The highest BCUT2D eigenvalue weighted by Crippen LogP contribution is 2.60. The van der Waals surface area contributed by atoms with E-state index in [2.05, 4.69) is 54.1 Å². The molecule has 3 amide bonds. The number of aliphatic hydroxyl groups is 1. The zero-order chi connectivity index (χ0) is 43.1. The Morgan fingerprint density at radius 1 is 0.887 bits per heavy atom. The highest BCUT2D eigenvalue weighted by Gasteiger charge is 2.66. The van der Waals surface area contributed by atoms with E-state index >= 15 is 4.79 Å². The van der Waals surface area contributed by atoms with Crippen LogP contribution < -0.4 is 19.7 Å². The van der Waals surface area contributed by atoms with Crippen molar-refractivity contribution < 1.29 is 29.0 Å². The van der Waals surface area contributed by atoms with Crippen molar-refractivity contribution in [2.24, 2.45) is 5.92 Å². The van der Waals surface area contributed by atoms with Crippen LogP contribution in [0.3, 0.4) is 0 Å². The van der Waals surface area contributed by atoms with Gasteiger partial charge in [0.15, 0.2) is 5.60 Å². The zero-order valence-corrected chi connectivity index (χ0v) is 37.8. The molecule has 1 fully saturated rings. The molecular weight excluding hydrogens is 859 g/mol. The number of hydrogen-bond acceptors (Lipinski definition) is 6. The summed E-state index contributed by atoms with van der Waals surface area (Å²) >= 11 is 3.72. The summed E-state index contributed by atoms with van der Waals surface area (Å²) in [7, 11) is -0.886. The number of benzene rings is 6. The molecule has 4 heterocycles. The number of fused-ring (bicyclic) bond motifs is 3. The van der Waals surface area contributed by atoms with Crippen molar-refractivity contribution in [3.8, 4) is 5.75 Å². The molecule has 1 N–H and O–H groups in total. The van der Waals surface area contributed by atoms with Crippen LogP contribution in [0, 0.1) is 5.92 Å². The van der Waals surface area contributed by atoms with Crippen LogP contribution >= 0.6 is 15.9 Å². The number of anilines is 3. The third-order valence-electron chi connectivity index (χ3n) is 14.2. The average Bonchev–Trinajstić information content (AvgIpc) is 3.84. The van der Waals surface area contributed by atoms with E-state index in [0.717, 1.165) is 60.3 Å². The van der Waals surface area contributed by atoms with Gasteiger partial charge in [0.1, 0.15) is 5.75 Å². The fourth-order valence-electron chi connectivity index (χ4n) is 11.1. The summed E-state index contributed by atoms with van der Waals surface area (Å²) in [6.45, 7) is 7.31. The molecular formula is C51H48BrN3O6Si. The lowest BCUT2D eigenvalue weighted by Crippen LogP contribution is -2.52. The molecule has 62 heavy (non-hydrogen) atoms. The molecule has 0 aliphatic carbocycles. The predicted molar refractivity (Wildman–Crippen MR) is 248 cm³/mol. The largest absolute Gasteiger partial charge is 0.497 e. The Morgan fingerprint density at radius 2 is 1.61 bits per heavy atom. The Morgan fingerprint density at radius 3 is 2.34 bits per heavy atom. The first-order valence-electron chi connectivity index (χ1n) is 21.3. The molecule has 0 aromatic heterocycles. The maximum atomic E-state index is 15.5. The van der Waals surface area contributed by atoms with Gasteiger partial charge in [-0.15, -0.1) is 0 Å². The summed E-state index contributed by atoms with van der Waals surface area (Å²) in [6.07, 6.45) is 0.0695. The molecule has 314 valence electrons. The van der Waals surface area contributed by atoms with E-state index in [-0.39, 0.29) is 54.8 Å². The first kappa shape index (κ1) is 40.5. The Labute approximate surface area is 371 Å². The monoisotopic (exact) mass is 905 g/mol. The minimum atomic E-state index is -2.54. The van der Waals surface area contributed by atoms with Crippen molar-refractivity contribution in [1.29, 1.82) is 0 Å². The fourth-order valence-corrected chi connectivity index (χ4v) is 15.5. The lowest BCUT2D eigenvalue weighted by atomic mass is 9.82. The van der Waals surface area contributed by atoms with Gasteiger partial charge in [-0.25, -0.2) is 0 Å². The molecule has 4 aliphatic rings. The quantitative estimate of drug-likeness (QED) is 0.146. The molecule has 1 saturated heterocycles. The van der Waals surface area contributed by atoms with Gasteiger partial charge in [-0.05, 0) is 88.6 Å². The van der Waals surface area contributed by atoms with Crippen LogP contribution in [0.5, 0.6) is 5.75 Å². The SMILES string of the molecule is COc1ccc([Si](C)(C)[C@H]2[C@H](CC(=O)N3Cc4ccccc4C[C@H]3CO)O[C@@]3(C(=O)N(Cc4ccc(N5C(=O)c6cccc7cccc5c67)cc4)c4ccc(Br)cc43)[C@@H]2C)cc1. The normalized spacial score (nSPS) is 22.8.